The summed E-state index contributed by atoms with van der Waals surface area (Å²) in [6.07, 6.45) is 3.84. The van der Waals surface area contributed by atoms with Crippen LogP contribution in [0.4, 0.5) is 0 Å². The van der Waals surface area contributed by atoms with Gasteiger partial charge in [-0.05, 0) is 25.0 Å². The van der Waals surface area contributed by atoms with Crippen molar-refractivity contribution >= 4 is 10.9 Å². The van der Waals surface area contributed by atoms with Crippen molar-refractivity contribution in [3.05, 3.63) is 45.1 Å². The zero-order chi connectivity index (χ0) is 18.7. The lowest BCUT2D eigenvalue weighted by Crippen LogP contribution is -2.36. The Kier molecular flexibility index (Phi) is 5.40. The second-order valence-electron chi connectivity index (χ2n) is 6.51. The lowest BCUT2D eigenvalue weighted by molar-refractivity contribution is 0.313. The summed E-state index contributed by atoms with van der Waals surface area (Å²) in [6, 6.07) is 7.83. The zero-order valence-corrected chi connectivity index (χ0v) is 15.6. The maximum absolute atomic E-state index is 12.9. The number of benzene rings is 1. The summed E-state index contributed by atoms with van der Waals surface area (Å²) in [7, 11) is 1.46. The van der Waals surface area contributed by atoms with Gasteiger partial charge in [0.2, 0.25) is 0 Å². The summed E-state index contributed by atoms with van der Waals surface area (Å²) < 4.78 is 9.06. The van der Waals surface area contributed by atoms with Crippen LogP contribution in [0.25, 0.3) is 22.3 Å². The van der Waals surface area contributed by atoms with Crippen molar-refractivity contribution in [2.75, 3.05) is 6.61 Å². The van der Waals surface area contributed by atoms with Crippen molar-refractivity contribution < 1.29 is 4.74 Å². The quantitative estimate of drug-likeness (QED) is 0.482. The first-order valence-electron chi connectivity index (χ1n) is 9.25. The average Bonchev–Trinajstić information content (AvgIpc) is 2.65. The van der Waals surface area contributed by atoms with E-state index in [2.05, 4.69) is 18.8 Å². The molecule has 0 spiro atoms. The molecule has 0 unspecified atom stereocenters. The third kappa shape index (κ3) is 3.11. The highest BCUT2D eigenvalue weighted by atomic mass is 16.5. The molecule has 2 heterocycles. The smallest absolute Gasteiger partial charge is 0.352 e. The molecule has 0 aliphatic carbocycles. The zero-order valence-electron chi connectivity index (χ0n) is 15.6. The van der Waals surface area contributed by atoms with Gasteiger partial charge in [-0.15, -0.1) is 0 Å². The Morgan fingerprint density at radius 1 is 1.08 bits per heavy atom. The minimum atomic E-state index is -0.539. The standard InChI is InChI=1S/C20H25N3O3/c1-4-6-12-23-15-11-9-8-10-14(15)17(26-13-7-5-2)16-18(23)21-20(25)22(3)19(16)24/h8-11H,4-7,12-13H2,1-3H3. The normalized spacial score (nSPS) is 11.3. The van der Waals surface area contributed by atoms with Gasteiger partial charge in [0.25, 0.3) is 5.56 Å². The van der Waals surface area contributed by atoms with Crippen LogP contribution >= 0.6 is 0 Å². The number of nitrogens with zero attached hydrogens (tertiary/aromatic N) is 3. The molecule has 26 heavy (non-hydrogen) atoms. The van der Waals surface area contributed by atoms with E-state index < -0.39 is 5.69 Å². The third-order valence-corrected chi connectivity index (χ3v) is 4.63. The highest BCUT2D eigenvalue weighted by molar-refractivity contribution is 5.93. The molecule has 0 radical (unpaired) electrons. The van der Waals surface area contributed by atoms with Crippen LogP contribution in [0, 0.1) is 0 Å². The number of hydrogen-bond donors (Lipinski definition) is 0. The highest BCUT2D eigenvalue weighted by Gasteiger charge is 2.25. The number of aromatic nitrogens is 3. The Balaban J connectivity index is 2.40. The molecule has 0 saturated heterocycles. The van der Waals surface area contributed by atoms with Gasteiger partial charge in [-0.3, -0.25) is 9.36 Å². The van der Waals surface area contributed by atoms with Gasteiger partial charge in [-0.1, -0.05) is 38.8 Å². The summed E-state index contributed by atoms with van der Waals surface area (Å²) in [6.45, 7) is 5.42. The monoisotopic (exact) mass is 355 g/mol. The Hall–Kier alpha value is -2.63. The van der Waals surface area contributed by atoms with Gasteiger partial charge in [0.15, 0.2) is 5.82 Å². The van der Waals surface area contributed by atoms with Crippen LogP contribution in [0.1, 0.15) is 39.5 Å². The largest absolute Gasteiger partial charge is 0.492 e. The van der Waals surface area contributed by atoms with Gasteiger partial charge in [-0.25, -0.2) is 4.79 Å². The summed E-state index contributed by atoms with van der Waals surface area (Å²) in [4.78, 5) is 29.3. The SMILES string of the molecule is CCCCOc1c2c(=O)n(C)c(=O)nc-2n(CCCC)c2ccccc12. The van der Waals surface area contributed by atoms with Crippen molar-refractivity contribution in [3.63, 3.8) is 0 Å². The lowest BCUT2D eigenvalue weighted by atomic mass is 10.1. The van der Waals surface area contributed by atoms with E-state index in [4.69, 9.17) is 4.74 Å². The number of ether oxygens (including phenoxy) is 1. The van der Waals surface area contributed by atoms with Crippen LogP contribution in [-0.2, 0) is 13.6 Å². The molecule has 1 aromatic carbocycles. The van der Waals surface area contributed by atoms with Gasteiger partial charge >= 0.3 is 5.69 Å². The van der Waals surface area contributed by atoms with E-state index in [-0.39, 0.29) is 5.56 Å². The van der Waals surface area contributed by atoms with Crippen LogP contribution in [0.2, 0.25) is 0 Å². The lowest BCUT2D eigenvalue weighted by Gasteiger charge is -2.22. The van der Waals surface area contributed by atoms with Crippen molar-refractivity contribution in [3.8, 4) is 17.1 Å². The fourth-order valence-corrected chi connectivity index (χ4v) is 3.13. The molecule has 6 heteroatoms. The number of pyridine rings is 1. The number of para-hydroxylation sites is 1. The summed E-state index contributed by atoms with van der Waals surface area (Å²) in [5.74, 6) is 0.946. The van der Waals surface area contributed by atoms with Crippen molar-refractivity contribution in [2.45, 2.75) is 46.1 Å². The third-order valence-electron chi connectivity index (χ3n) is 4.63. The fraction of sp³-hybridized carbons (Fsp3) is 0.450. The minimum Gasteiger partial charge on any atom is -0.492 e. The van der Waals surface area contributed by atoms with E-state index in [9.17, 15) is 9.59 Å². The van der Waals surface area contributed by atoms with Gasteiger partial charge < -0.3 is 9.30 Å². The van der Waals surface area contributed by atoms with Gasteiger partial charge in [0.05, 0.1) is 12.1 Å². The summed E-state index contributed by atoms with van der Waals surface area (Å²) in [5, 5.41) is 0.879. The molecule has 0 atom stereocenters. The Morgan fingerprint density at radius 2 is 1.81 bits per heavy atom. The molecule has 2 aliphatic heterocycles. The predicted octanol–water partition coefficient (Wildman–Crippen LogP) is 3.18. The van der Waals surface area contributed by atoms with E-state index in [1.807, 2.05) is 28.8 Å². The van der Waals surface area contributed by atoms with Crippen LogP contribution in [0.15, 0.2) is 33.9 Å². The molecular formula is C20H25N3O3. The maximum atomic E-state index is 12.9. The molecule has 3 rings (SSSR count). The second kappa shape index (κ2) is 7.72. The second-order valence-corrected chi connectivity index (χ2v) is 6.51. The van der Waals surface area contributed by atoms with Crippen LogP contribution in [-0.4, -0.2) is 20.7 Å². The van der Waals surface area contributed by atoms with Gasteiger partial charge in [0.1, 0.15) is 11.3 Å². The minimum absolute atomic E-state index is 0.359. The van der Waals surface area contributed by atoms with Crippen molar-refractivity contribution in [1.29, 1.82) is 0 Å². The van der Waals surface area contributed by atoms with E-state index >= 15 is 0 Å². The maximum Gasteiger partial charge on any atom is 0.352 e. The van der Waals surface area contributed by atoms with E-state index in [1.54, 1.807) is 0 Å². The molecule has 138 valence electrons. The molecule has 1 aromatic rings. The van der Waals surface area contributed by atoms with Crippen molar-refractivity contribution in [2.24, 2.45) is 7.05 Å². The number of unbranched alkanes of at least 4 members (excludes halogenated alkanes) is 2. The fourth-order valence-electron chi connectivity index (χ4n) is 3.13. The van der Waals surface area contributed by atoms with Gasteiger partial charge in [0, 0.05) is 19.0 Å². The first-order chi connectivity index (χ1) is 12.6. The topological polar surface area (TPSA) is 66.1 Å². The highest BCUT2D eigenvalue weighted by Crippen LogP contribution is 2.36. The number of hydrogen-bond acceptors (Lipinski definition) is 4. The summed E-state index contributed by atoms with van der Waals surface area (Å²) >= 11 is 0. The molecule has 0 bridgehead atoms. The molecular weight excluding hydrogens is 330 g/mol. The van der Waals surface area contributed by atoms with Crippen LogP contribution in [0.5, 0.6) is 5.75 Å². The van der Waals surface area contributed by atoms with Crippen LogP contribution in [0.3, 0.4) is 0 Å². The Morgan fingerprint density at radius 3 is 2.54 bits per heavy atom. The first-order valence-corrected chi connectivity index (χ1v) is 9.25. The molecule has 0 amide bonds. The van der Waals surface area contributed by atoms with E-state index in [0.29, 0.717) is 30.3 Å². The number of rotatable bonds is 7. The molecule has 6 nitrogen and oxygen atoms in total. The van der Waals surface area contributed by atoms with E-state index in [0.717, 1.165) is 41.2 Å². The number of aryl methyl sites for hydroxylation is 1. The van der Waals surface area contributed by atoms with E-state index in [1.165, 1.54) is 7.05 Å². The average molecular weight is 355 g/mol. The van der Waals surface area contributed by atoms with Gasteiger partial charge in [-0.2, -0.15) is 4.98 Å². The molecule has 2 aliphatic rings. The predicted molar refractivity (Wildman–Crippen MR) is 103 cm³/mol. The van der Waals surface area contributed by atoms with Crippen molar-refractivity contribution in [1.82, 2.24) is 14.1 Å². The Bertz CT molecular complexity index is 1000. The molecule has 0 fully saturated rings. The summed E-state index contributed by atoms with van der Waals surface area (Å²) in [5.41, 5.74) is 0.420. The Labute approximate surface area is 152 Å². The molecule has 0 N–H and O–H groups in total. The number of fused-ring (bicyclic) bond motifs is 2. The molecule has 0 aromatic heterocycles. The van der Waals surface area contributed by atoms with Crippen LogP contribution < -0.4 is 16.0 Å². The molecule has 0 saturated carbocycles. The first kappa shape index (κ1) is 18.2.